The largest absolute Gasteiger partial charge is 0.358 e. The first-order valence-electron chi connectivity index (χ1n) is 5.39. The highest BCUT2D eigenvalue weighted by Gasteiger charge is 2.22. The summed E-state index contributed by atoms with van der Waals surface area (Å²) in [6.45, 7) is 2.93. The van der Waals surface area contributed by atoms with Crippen molar-refractivity contribution in [2.24, 2.45) is 0 Å². The molecule has 0 radical (unpaired) electrons. The third kappa shape index (κ3) is 4.29. The number of carbonyl (C=O) groups excluding carboxylic acids is 2. The lowest BCUT2D eigenvalue weighted by Crippen LogP contribution is -2.43. The molecule has 1 aliphatic carbocycles. The SMILES string of the molecule is CCN(CC(=O)NC)C(=O)CNC1CC1. The summed E-state index contributed by atoms with van der Waals surface area (Å²) in [6, 6.07) is 0.521. The van der Waals surface area contributed by atoms with E-state index in [1.807, 2.05) is 6.92 Å². The molecule has 5 nitrogen and oxygen atoms in total. The van der Waals surface area contributed by atoms with E-state index < -0.39 is 0 Å². The van der Waals surface area contributed by atoms with Crippen LogP contribution in [0, 0.1) is 0 Å². The standard InChI is InChI=1S/C10H19N3O2/c1-3-13(7-9(14)11-2)10(15)6-12-8-4-5-8/h8,12H,3-7H2,1-2H3,(H,11,14). The maximum absolute atomic E-state index is 11.6. The van der Waals surface area contributed by atoms with Crippen LogP contribution >= 0.6 is 0 Å². The van der Waals surface area contributed by atoms with E-state index in [0.717, 1.165) is 12.8 Å². The second-order valence-corrected chi connectivity index (χ2v) is 3.74. The molecule has 0 aromatic heterocycles. The molecule has 0 unspecified atom stereocenters. The number of nitrogens with zero attached hydrogens (tertiary/aromatic N) is 1. The van der Waals surface area contributed by atoms with Gasteiger partial charge in [-0.05, 0) is 19.8 Å². The molecule has 0 bridgehead atoms. The normalized spacial score (nSPS) is 14.8. The Morgan fingerprint density at radius 2 is 2.07 bits per heavy atom. The summed E-state index contributed by atoms with van der Waals surface area (Å²) in [5.74, 6) is -0.135. The molecule has 15 heavy (non-hydrogen) atoms. The van der Waals surface area contributed by atoms with E-state index in [1.54, 1.807) is 11.9 Å². The van der Waals surface area contributed by atoms with Gasteiger partial charge in [0.2, 0.25) is 11.8 Å². The monoisotopic (exact) mass is 213 g/mol. The van der Waals surface area contributed by atoms with Crippen molar-refractivity contribution in [3.05, 3.63) is 0 Å². The Hall–Kier alpha value is -1.10. The molecule has 86 valence electrons. The molecule has 0 aromatic carbocycles. The molecule has 5 heteroatoms. The number of carbonyl (C=O) groups is 2. The van der Waals surface area contributed by atoms with Crippen LogP contribution in [0.15, 0.2) is 0 Å². The lowest BCUT2D eigenvalue weighted by Gasteiger charge is -2.19. The minimum absolute atomic E-state index is 0.00648. The second-order valence-electron chi connectivity index (χ2n) is 3.74. The molecule has 0 heterocycles. The number of nitrogens with one attached hydrogen (secondary N) is 2. The smallest absolute Gasteiger partial charge is 0.239 e. The fraction of sp³-hybridized carbons (Fsp3) is 0.800. The van der Waals surface area contributed by atoms with Gasteiger partial charge in [-0.1, -0.05) is 0 Å². The summed E-state index contributed by atoms with van der Waals surface area (Å²) in [5.41, 5.74) is 0. The lowest BCUT2D eigenvalue weighted by molar-refractivity contribution is -0.135. The fourth-order valence-corrected chi connectivity index (χ4v) is 1.26. The van der Waals surface area contributed by atoms with Gasteiger partial charge in [-0.25, -0.2) is 0 Å². The van der Waals surface area contributed by atoms with Gasteiger partial charge in [0.15, 0.2) is 0 Å². The minimum atomic E-state index is -0.128. The highest BCUT2D eigenvalue weighted by molar-refractivity contribution is 5.85. The van der Waals surface area contributed by atoms with Crippen LogP contribution < -0.4 is 10.6 Å². The molecule has 1 rings (SSSR count). The van der Waals surface area contributed by atoms with Crippen LogP contribution in [0.25, 0.3) is 0 Å². The van der Waals surface area contributed by atoms with E-state index in [9.17, 15) is 9.59 Å². The summed E-state index contributed by atoms with van der Waals surface area (Å²) in [7, 11) is 1.57. The summed E-state index contributed by atoms with van der Waals surface area (Å²) in [6.07, 6.45) is 2.32. The zero-order chi connectivity index (χ0) is 11.3. The van der Waals surface area contributed by atoms with E-state index in [0.29, 0.717) is 19.1 Å². The molecule has 2 N–H and O–H groups in total. The van der Waals surface area contributed by atoms with Crippen molar-refractivity contribution >= 4 is 11.8 Å². The van der Waals surface area contributed by atoms with Crippen molar-refractivity contribution in [1.29, 1.82) is 0 Å². The third-order valence-corrected chi connectivity index (χ3v) is 2.47. The molecule has 0 aliphatic heterocycles. The average Bonchev–Trinajstić information content (AvgIpc) is 3.05. The maximum atomic E-state index is 11.6. The molecular weight excluding hydrogens is 194 g/mol. The summed E-state index contributed by atoms with van der Waals surface area (Å²) in [4.78, 5) is 24.3. The maximum Gasteiger partial charge on any atom is 0.239 e. The van der Waals surface area contributed by atoms with Crippen LogP contribution in [0.4, 0.5) is 0 Å². The summed E-state index contributed by atoms with van der Waals surface area (Å²) < 4.78 is 0. The van der Waals surface area contributed by atoms with Gasteiger partial charge < -0.3 is 15.5 Å². The van der Waals surface area contributed by atoms with Crippen molar-refractivity contribution in [2.75, 3.05) is 26.7 Å². The van der Waals surface area contributed by atoms with E-state index in [1.165, 1.54) is 0 Å². The Kier molecular flexibility index (Phi) is 4.55. The highest BCUT2D eigenvalue weighted by Crippen LogP contribution is 2.18. The molecule has 1 fully saturated rings. The minimum Gasteiger partial charge on any atom is -0.358 e. The first-order valence-corrected chi connectivity index (χ1v) is 5.39. The van der Waals surface area contributed by atoms with Gasteiger partial charge in [0.1, 0.15) is 0 Å². The van der Waals surface area contributed by atoms with Crippen molar-refractivity contribution in [3.8, 4) is 0 Å². The van der Waals surface area contributed by atoms with Gasteiger partial charge in [0, 0.05) is 19.6 Å². The summed E-state index contributed by atoms with van der Waals surface area (Å²) >= 11 is 0. The molecule has 2 amide bonds. The van der Waals surface area contributed by atoms with Gasteiger partial charge in [0.05, 0.1) is 13.1 Å². The van der Waals surface area contributed by atoms with Gasteiger partial charge in [-0.2, -0.15) is 0 Å². The molecule has 0 aromatic rings. The van der Waals surface area contributed by atoms with E-state index in [2.05, 4.69) is 10.6 Å². The number of likely N-dealkylation sites (N-methyl/N-ethyl adjacent to an activating group) is 2. The van der Waals surface area contributed by atoms with Crippen molar-refractivity contribution in [2.45, 2.75) is 25.8 Å². The van der Waals surface area contributed by atoms with Crippen molar-refractivity contribution < 1.29 is 9.59 Å². The zero-order valence-corrected chi connectivity index (χ0v) is 9.38. The third-order valence-electron chi connectivity index (χ3n) is 2.47. The van der Waals surface area contributed by atoms with Crippen molar-refractivity contribution in [1.82, 2.24) is 15.5 Å². The number of hydrogen-bond acceptors (Lipinski definition) is 3. The Morgan fingerprint density at radius 3 is 2.53 bits per heavy atom. The number of hydrogen-bond donors (Lipinski definition) is 2. The molecular formula is C10H19N3O2. The van der Waals surface area contributed by atoms with Crippen LogP contribution in [0.1, 0.15) is 19.8 Å². The van der Waals surface area contributed by atoms with Crippen LogP contribution in [-0.4, -0.2) is 49.4 Å². The topological polar surface area (TPSA) is 61.4 Å². The van der Waals surface area contributed by atoms with E-state index in [-0.39, 0.29) is 18.4 Å². The average molecular weight is 213 g/mol. The Morgan fingerprint density at radius 1 is 1.40 bits per heavy atom. The predicted octanol–water partition coefficient (Wildman–Crippen LogP) is -0.667. The molecule has 0 saturated heterocycles. The molecule has 1 aliphatic rings. The second kappa shape index (κ2) is 5.70. The van der Waals surface area contributed by atoms with Crippen molar-refractivity contribution in [3.63, 3.8) is 0 Å². The zero-order valence-electron chi connectivity index (χ0n) is 9.38. The van der Waals surface area contributed by atoms with E-state index >= 15 is 0 Å². The Balaban J connectivity index is 2.27. The van der Waals surface area contributed by atoms with Crippen LogP contribution in [0.5, 0.6) is 0 Å². The summed E-state index contributed by atoms with van der Waals surface area (Å²) in [5, 5.41) is 5.65. The van der Waals surface area contributed by atoms with Gasteiger partial charge in [0.25, 0.3) is 0 Å². The predicted molar refractivity (Wildman–Crippen MR) is 57.3 cm³/mol. The quantitative estimate of drug-likeness (QED) is 0.615. The van der Waals surface area contributed by atoms with Gasteiger partial charge in [-0.3, -0.25) is 9.59 Å². The Bertz CT molecular complexity index is 239. The molecule has 0 spiro atoms. The first kappa shape index (κ1) is 12.0. The van der Waals surface area contributed by atoms with Gasteiger partial charge in [-0.15, -0.1) is 0 Å². The van der Waals surface area contributed by atoms with Crippen LogP contribution in [0.3, 0.4) is 0 Å². The highest BCUT2D eigenvalue weighted by atomic mass is 16.2. The van der Waals surface area contributed by atoms with Crippen LogP contribution in [0.2, 0.25) is 0 Å². The number of amides is 2. The first-order chi connectivity index (χ1) is 7.17. The lowest BCUT2D eigenvalue weighted by atomic mass is 10.4. The van der Waals surface area contributed by atoms with Crippen LogP contribution in [-0.2, 0) is 9.59 Å². The number of rotatable bonds is 6. The van der Waals surface area contributed by atoms with Gasteiger partial charge >= 0.3 is 0 Å². The molecule has 0 atom stereocenters. The fourth-order valence-electron chi connectivity index (χ4n) is 1.26. The Labute approximate surface area is 90.2 Å². The molecule has 1 saturated carbocycles. The van der Waals surface area contributed by atoms with E-state index in [4.69, 9.17) is 0 Å².